The van der Waals surface area contributed by atoms with E-state index in [1.165, 1.54) is 32.7 Å². The normalized spacial score (nSPS) is 10.2. The van der Waals surface area contributed by atoms with E-state index in [1.807, 2.05) is 0 Å². The Morgan fingerprint density at radius 1 is 1.12 bits per heavy atom. The lowest BCUT2D eigenvalue weighted by atomic mass is 10.1. The molecule has 1 heterocycles. The van der Waals surface area contributed by atoms with Gasteiger partial charge in [-0.05, 0) is 35.6 Å². The van der Waals surface area contributed by atoms with Crippen LogP contribution in [-0.4, -0.2) is 33.1 Å². The van der Waals surface area contributed by atoms with Crippen LogP contribution in [0, 0.1) is 0 Å². The molecule has 0 unspecified atom stereocenters. The minimum absolute atomic E-state index is 0.210. The molecule has 25 heavy (non-hydrogen) atoms. The van der Waals surface area contributed by atoms with Crippen LogP contribution in [0.5, 0.6) is 17.2 Å². The number of carbonyl (C=O) groups is 2. The monoisotopic (exact) mass is 364 g/mol. The van der Waals surface area contributed by atoms with Crippen LogP contribution >= 0.6 is 11.3 Å². The van der Waals surface area contributed by atoms with Gasteiger partial charge in [0.05, 0.1) is 26.9 Å². The van der Waals surface area contributed by atoms with Crippen LogP contribution in [0.1, 0.15) is 22.3 Å². The molecule has 0 spiro atoms. The fraction of sp³-hybridized carbons (Fsp3) is 0.294. The van der Waals surface area contributed by atoms with Gasteiger partial charge in [0, 0.05) is 6.42 Å². The Kier molecular flexibility index (Phi) is 6.24. The highest BCUT2D eigenvalue weighted by Gasteiger charge is 2.15. The number of aryl methyl sites for hydroxylation is 1. The van der Waals surface area contributed by atoms with E-state index in [9.17, 15) is 9.59 Å². The average molecular weight is 364 g/mol. The predicted octanol–water partition coefficient (Wildman–Crippen LogP) is 2.44. The second-order valence-corrected chi connectivity index (χ2v) is 6.03. The van der Waals surface area contributed by atoms with Crippen molar-refractivity contribution < 1.29 is 23.8 Å². The Balaban J connectivity index is 2.06. The molecule has 0 aliphatic rings. The number of benzene rings is 1. The molecule has 1 aromatic heterocycles. The highest BCUT2D eigenvalue weighted by Crippen LogP contribution is 2.38. The number of nitrogens with one attached hydrogen (secondary N) is 1. The average Bonchev–Trinajstić information content (AvgIpc) is 3.07. The van der Waals surface area contributed by atoms with Crippen LogP contribution in [0.25, 0.3) is 0 Å². The lowest BCUT2D eigenvalue weighted by Gasteiger charge is -2.14. The van der Waals surface area contributed by atoms with Crippen molar-refractivity contribution >= 4 is 28.2 Å². The number of thiophene rings is 1. The van der Waals surface area contributed by atoms with Crippen LogP contribution in [0.3, 0.4) is 0 Å². The molecule has 2 rings (SSSR count). The highest BCUT2D eigenvalue weighted by atomic mass is 32.1. The van der Waals surface area contributed by atoms with Gasteiger partial charge < -0.3 is 25.3 Å². The van der Waals surface area contributed by atoms with E-state index in [-0.39, 0.29) is 12.3 Å². The summed E-state index contributed by atoms with van der Waals surface area (Å²) in [5.41, 5.74) is 6.45. The summed E-state index contributed by atoms with van der Waals surface area (Å²) in [5, 5.41) is 4.88. The predicted molar refractivity (Wildman–Crippen MR) is 95.9 cm³/mol. The fourth-order valence-corrected chi connectivity index (χ4v) is 3.14. The lowest BCUT2D eigenvalue weighted by molar-refractivity contribution is -0.116. The zero-order valence-electron chi connectivity index (χ0n) is 14.3. The van der Waals surface area contributed by atoms with Gasteiger partial charge in [0.15, 0.2) is 11.5 Å². The van der Waals surface area contributed by atoms with Crippen molar-refractivity contribution in [2.24, 2.45) is 5.73 Å². The maximum absolute atomic E-state index is 12.1. The number of amides is 2. The van der Waals surface area contributed by atoms with Gasteiger partial charge in [-0.1, -0.05) is 0 Å². The summed E-state index contributed by atoms with van der Waals surface area (Å²) in [5.74, 6) is 0.792. The van der Waals surface area contributed by atoms with Crippen molar-refractivity contribution in [3.05, 3.63) is 34.7 Å². The van der Waals surface area contributed by atoms with Gasteiger partial charge in [-0.15, -0.1) is 11.3 Å². The van der Waals surface area contributed by atoms with Crippen LogP contribution in [0.2, 0.25) is 0 Å². The van der Waals surface area contributed by atoms with Crippen molar-refractivity contribution in [2.45, 2.75) is 12.8 Å². The van der Waals surface area contributed by atoms with E-state index in [4.69, 9.17) is 19.9 Å². The first-order valence-corrected chi connectivity index (χ1v) is 8.34. The van der Waals surface area contributed by atoms with Gasteiger partial charge in [0.1, 0.15) is 5.00 Å². The number of nitrogens with two attached hydrogens (primary N) is 1. The second kappa shape index (κ2) is 8.39. The summed E-state index contributed by atoms with van der Waals surface area (Å²) in [6, 6.07) is 5.19. The third kappa shape index (κ3) is 4.42. The highest BCUT2D eigenvalue weighted by molar-refractivity contribution is 7.14. The molecule has 134 valence electrons. The Bertz CT molecular complexity index is 747. The van der Waals surface area contributed by atoms with Crippen molar-refractivity contribution in [2.75, 3.05) is 26.6 Å². The van der Waals surface area contributed by atoms with E-state index in [0.717, 1.165) is 5.56 Å². The molecular weight excluding hydrogens is 344 g/mol. The summed E-state index contributed by atoms with van der Waals surface area (Å²) in [6.07, 6.45) is 0.703. The smallest absolute Gasteiger partial charge is 0.251 e. The molecule has 2 amide bonds. The number of methoxy groups -OCH3 is 3. The molecule has 0 radical (unpaired) electrons. The first-order chi connectivity index (χ1) is 12.0. The number of anilines is 1. The summed E-state index contributed by atoms with van der Waals surface area (Å²) in [4.78, 5) is 23.4. The zero-order valence-corrected chi connectivity index (χ0v) is 15.1. The zero-order chi connectivity index (χ0) is 18.4. The Morgan fingerprint density at radius 3 is 2.28 bits per heavy atom. The molecule has 3 N–H and O–H groups in total. The van der Waals surface area contributed by atoms with Gasteiger partial charge in [0.25, 0.3) is 5.91 Å². The third-order valence-corrected chi connectivity index (χ3v) is 4.38. The second-order valence-electron chi connectivity index (χ2n) is 5.11. The van der Waals surface area contributed by atoms with Gasteiger partial charge in [-0.3, -0.25) is 9.59 Å². The Labute approximate surface area is 149 Å². The number of hydrogen-bond acceptors (Lipinski definition) is 6. The number of ether oxygens (including phenoxy) is 3. The molecule has 1 aromatic carbocycles. The Morgan fingerprint density at radius 2 is 1.76 bits per heavy atom. The molecule has 7 nitrogen and oxygen atoms in total. The number of carbonyl (C=O) groups excluding carboxylic acids is 2. The molecule has 0 aliphatic carbocycles. The maximum atomic E-state index is 12.1. The molecule has 0 aliphatic heterocycles. The largest absolute Gasteiger partial charge is 0.493 e. The molecule has 2 aromatic rings. The van der Waals surface area contributed by atoms with E-state index in [1.54, 1.807) is 23.6 Å². The van der Waals surface area contributed by atoms with E-state index in [0.29, 0.717) is 34.2 Å². The summed E-state index contributed by atoms with van der Waals surface area (Å²) >= 11 is 1.26. The minimum atomic E-state index is -0.568. The van der Waals surface area contributed by atoms with Crippen LogP contribution < -0.4 is 25.3 Å². The van der Waals surface area contributed by atoms with Crippen LogP contribution in [0.4, 0.5) is 5.00 Å². The SMILES string of the molecule is COc1cc(CCC(=O)Nc2sccc2C(N)=O)cc(OC)c1OC. The molecule has 0 saturated heterocycles. The third-order valence-electron chi connectivity index (χ3n) is 3.55. The standard InChI is InChI=1S/C17H20N2O5S/c1-22-12-8-10(9-13(23-2)15(12)24-3)4-5-14(20)19-17-11(16(18)21)6-7-25-17/h6-9H,4-5H2,1-3H3,(H2,18,21)(H,19,20). The number of rotatable bonds is 8. The Hall–Kier alpha value is -2.74. The molecular formula is C17H20N2O5S. The van der Waals surface area contributed by atoms with Gasteiger partial charge in [0.2, 0.25) is 11.7 Å². The van der Waals surface area contributed by atoms with Crippen molar-refractivity contribution in [3.8, 4) is 17.2 Å². The molecule has 0 saturated carbocycles. The quantitative estimate of drug-likeness (QED) is 0.749. The minimum Gasteiger partial charge on any atom is -0.493 e. The van der Waals surface area contributed by atoms with Crippen molar-refractivity contribution in [3.63, 3.8) is 0 Å². The van der Waals surface area contributed by atoms with Crippen LogP contribution in [0.15, 0.2) is 23.6 Å². The molecule has 0 atom stereocenters. The number of primary amides is 1. The summed E-state index contributed by atoms with van der Waals surface area (Å²) in [6.45, 7) is 0. The summed E-state index contributed by atoms with van der Waals surface area (Å²) in [7, 11) is 4.61. The van der Waals surface area contributed by atoms with E-state index >= 15 is 0 Å². The number of hydrogen-bond donors (Lipinski definition) is 2. The van der Waals surface area contributed by atoms with E-state index in [2.05, 4.69) is 5.32 Å². The van der Waals surface area contributed by atoms with Gasteiger partial charge >= 0.3 is 0 Å². The molecule has 0 fully saturated rings. The van der Waals surface area contributed by atoms with Gasteiger partial charge in [-0.2, -0.15) is 0 Å². The summed E-state index contributed by atoms with van der Waals surface area (Å²) < 4.78 is 15.9. The molecule has 0 bridgehead atoms. The first kappa shape index (κ1) is 18.6. The van der Waals surface area contributed by atoms with Gasteiger partial charge in [-0.25, -0.2) is 0 Å². The van der Waals surface area contributed by atoms with E-state index < -0.39 is 5.91 Å². The van der Waals surface area contributed by atoms with Crippen molar-refractivity contribution in [1.29, 1.82) is 0 Å². The maximum Gasteiger partial charge on any atom is 0.251 e. The molecule has 8 heteroatoms. The topological polar surface area (TPSA) is 99.9 Å². The lowest BCUT2D eigenvalue weighted by Crippen LogP contribution is -2.16. The first-order valence-electron chi connectivity index (χ1n) is 7.46. The van der Waals surface area contributed by atoms with Crippen LogP contribution in [-0.2, 0) is 11.2 Å². The van der Waals surface area contributed by atoms with Crippen molar-refractivity contribution in [1.82, 2.24) is 0 Å². The fourth-order valence-electron chi connectivity index (χ4n) is 2.33.